The minimum absolute atomic E-state index is 0.0977. The molecule has 0 aromatic carbocycles. The maximum atomic E-state index is 12.2. The Bertz CT molecular complexity index is 496. The van der Waals surface area contributed by atoms with E-state index in [9.17, 15) is 9.90 Å². The van der Waals surface area contributed by atoms with Crippen molar-refractivity contribution in [1.29, 1.82) is 0 Å². The van der Waals surface area contributed by atoms with Crippen LogP contribution in [0.25, 0.3) is 0 Å². The van der Waals surface area contributed by atoms with Crippen LogP contribution in [0.4, 0.5) is 0 Å². The molecule has 1 aliphatic carbocycles. The van der Waals surface area contributed by atoms with Crippen LogP contribution in [-0.4, -0.2) is 57.2 Å². The molecule has 2 heterocycles. The van der Waals surface area contributed by atoms with Gasteiger partial charge in [0.1, 0.15) is 6.33 Å². The molecule has 2 aliphatic rings. The highest BCUT2D eigenvalue weighted by molar-refractivity contribution is 5.76. The molecule has 6 nitrogen and oxygen atoms in total. The van der Waals surface area contributed by atoms with E-state index in [0.717, 1.165) is 44.3 Å². The monoisotopic (exact) mass is 304 g/mol. The molecule has 2 fully saturated rings. The number of carbonyl (C=O) groups excluding carboxylic acids is 1. The van der Waals surface area contributed by atoms with Crippen LogP contribution >= 0.6 is 0 Å². The number of nitrogens with one attached hydrogen (secondary N) is 1. The number of hydrogen-bond donors (Lipinski definition) is 2. The van der Waals surface area contributed by atoms with Crippen LogP contribution in [0.15, 0.2) is 18.7 Å². The first-order chi connectivity index (χ1) is 10.7. The van der Waals surface area contributed by atoms with Crippen LogP contribution in [-0.2, 0) is 11.2 Å². The molecule has 1 aromatic rings. The quantitative estimate of drug-likeness (QED) is 0.829. The van der Waals surface area contributed by atoms with Crippen LogP contribution in [0.1, 0.15) is 37.7 Å². The first-order valence-corrected chi connectivity index (χ1v) is 8.18. The van der Waals surface area contributed by atoms with Crippen LogP contribution in [0.2, 0.25) is 0 Å². The Morgan fingerprint density at radius 2 is 2.14 bits per heavy atom. The third kappa shape index (κ3) is 3.81. The summed E-state index contributed by atoms with van der Waals surface area (Å²) < 4.78 is 0. The molecule has 120 valence electrons. The molecule has 1 amide bonds. The van der Waals surface area contributed by atoms with Crippen LogP contribution in [0, 0.1) is 0 Å². The summed E-state index contributed by atoms with van der Waals surface area (Å²) in [6.45, 7) is 1.69. The van der Waals surface area contributed by atoms with Gasteiger partial charge >= 0.3 is 0 Å². The van der Waals surface area contributed by atoms with Gasteiger partial charge in [0.25, 0.3) is 0 Å². The molecular weight excluding hydrogens is 280 g/mol. The molecule has 3 atom stereocenters. The second-order valence-corrected chi connectivity index (χ2v) is 6.36. The normalized spacial score (nSPS) is 28.9. The standard InChI is InChI=1S/C16H24N4O2/c21-13-6-7-20(10-13)15-3-1-2-14(15)19-16(22)5-4-12-8-17-11-18-9-12/h8-9,11,13-15,21H,1-7,10H2,(H,19,22)/t13?,14-,15+/m1/s1. The lowest BCUT2D eigenvalue weighted by atomic mass is 10.1. The molecule has 1 aliphatic heterocycles. The van der Waals surface area contributed by atoms with Crippen LogP contribution < -0.4 is 5.32 Å². The number of aromatic nitrogens is 2. The smallest absolute Gasteiger partial charge is 0.220 e. The molecule has 1 aromatic heterocycles. The number of β-amino-alcohol motifs (C(OH)–C–C–N with tert-alkyl or cyclic N) is 1. The number of amides is 1. The number of likely N-dealkylation sites (tertiary alicyclic amines) is 1. The van der Waals surface area contributed by atoms with E-state index in [1.165, 1.54) is 6.33 Å². The molecule has 1 saturated heterocycles. The topological polar surface area (TPSA) is 78.4 Å². The van der Waals surface area contributed by atoms with Gasteiger partial charge in [-0.1, -0.05) is 0 Å². The zero-order valence-corrected chi connectivity index (χ0v) is 12.8. The second-order valence-electron chi connectivity index (χ2n) is 6.36. The highest BCUT2D eigenvalue weighted by Gasteiger charge is 2.36. The third-order valence-corrected chi connectivity index (χ3v) is 4.74. The Labute approximate surface area is 131 Å². The number of rotatable bonds is 5. The molecule has 22 heavy (non-hydrogen) atoms. The van der Waals surface area contributed by atoms with E-state index >= 15 is 0 Å². The van der Waals surface area contributed by atoms with Crippen molar-refractivity contribution in [1.82, 2.24) is 20.2 Å². The fraction of sp³-hybridized carbons (Fsp3) is 0.688. The number of hydrogen-bond acceptors (Lipinski definition) is 5. The molecular formula is C16H24N4O2. The first kappa shape index (κ1) is 15.4. The molecule has 6 heteroatoms. The van der Waals surface area contributed by atoms with Gasteiger partial charge < -0.3 is 10.4 Å². The van der Waals surface area contributed by atoms with Gasteiger partial charge in [0.05, 0.1) is 6.10 Å². The zero-order chi connectivity index (χ0) is 15.4. The van der Waals surface area contributed by atoms with Crippen molar-refractivity contribution in [2.24, 2.45) is 0 Å². The fourth-order valence-corrected chi connectivity index (χ4v) is 3.61. The van der Waals surface area contributed by atoms with Gasteiger partial charge in [0.15, 0.2) is 0 Å². The van der Waals surface area contributed by atoms with Gasteiger partial charge in [-0.3, -0.25) is 9.69 Å². The summed E-state index contributed by atoms with van der Waals surface area (Å²) >= 11 is 0. The van der Waals surface area contributed by atoms with Gasteiger partial charge in [-0.25, -0.2) is 9.97 Å². The van der Waals surface area contributed by atoms with E-state index in [2.05, 4.69) is 20.2 Å². The summed E-state index contributed by atoms with van der Waals surface area (Å²) in [4.78, 5) is 22.4. The van der Waals surface area contributed by atoms with E-state index in [1.807, 2.05) is 0 Å². The summed E-state index contributed by atoms with van der Waals surface area (Å²) in [6.07, 6.45) is 10.1. The molecule has 3 rings (SSSR count). The number of aliphatic hydroxyl groups excluding tert-OH is 1. The van der Waals surface area contributed by atoms with Gasteiger partial charge in [-0.05, 0) is 37.7 Å². The lowest BCUT2D eigenvalue weighted by molar-refractivity contribution is -0.122. The maximum absolute atomic E-state index is 12.2. The lowest BCUT2D eigenvalue weighted by Crippen LogP contribution is -2.48. The van der Waals surface area contributed by atoms with Crippen molar-refractivity contribution in [2.75, 3.05) is 13.1 Å². The Kier molecular flexibility index (Phi) is 5.00. The number of aliphatic hydroxyl groups is 1. The minimum atomic E-state index is -0.199. The average Bonchev–Trinajstić information content (AvgIpc) is 3.15. The van der Waals surface area contributed by atoms with E-state index in [-0.39, 0.29) is 18.1 Å². The predicted molar refractivity (Wildman–Crippen MR) is 82.1 cm³/mol. The van der Waals surface area contributed by atoms with Crippen molar-refractivity contribution >= 4 is 5.91 Å². The van der Waals surface area contributed by atoms with Crippen molar-refractivity contribution in [3.05, 3.63) is 24.3 Å². The van der Waals surface area contributed by atoms with Gasteiger partial charge in [0, 0.05) is 44.0 Å². The first-order valence-electron chi connectivity index (χ1n) is 8.18. The van der Waals surface area contributed by atoms with Crippen molar-refractivity contribution in [2.45, 2.75) is 56.7 Å². The van der Waals surface area contributed by atoms with E-state index in [4.69, 9.17) is 0 Å². The minimum Gasteiger partial charge on any atom is -0.392 e. The van der Waals surface area contributed by atoms with Crippen molar-refractivity contribution in [3.8, 4) is 0 Å². The van der Waals surface area contributed by atoms with Crippen LogP contribution in [0.3, 0.4) is 0 Å². The SMILES string of the molecule is O=C(CCc1cncnc1)N[C@@H]1CCC[C@@H]1N1CCC(O)C1. The molecule has 2 N–H and O–H groups in total. The molecule has 0 bridgehead atoms. The molecule has 1 unspecified atom stereocenters. The maximum Gasteiger partial charge on any atom is 0.220 e. The van der Waals surface area contributed by atoms with Crippen molar-refractivity contribution in [3.63, 3.8) is 0 Å². The van der Waals surface area contributed by atoms with Gasteiger partial charge in [-0.15, -0.1) is 0 Å². The van der Waals surface area contributed by atoms with E-state index < -0.39 is 0 Å². The average molecular weight is 304 g/mol. The number of carbonyl (C=O) groups is 1. The summed E-state index contributed by atoms with van der Waals surface area (Å²) in [5, 5.41) is 12.9. The highest BCUT2D eigenvalue weighted by Crippen LogP contribution is 2.27. The summed E-state index contributed by atoms with van der Waals surface area (Å²) in [5.74, 6) is 0.0977. The highest BCUT2D eigenvalue weighted by atomic mass is 16.3. The summed E-state index contributed by atoms with van der Waals surface area (Å²) in [5.41, 5.74) is 0.989. The van der Waals surface area contributed by atoms with Gasteiger partial charge in [0.2, 0.25) is 5.91 Å². The molecule has 0 radical (unpaired) electrons. The van der Waals surface area contributed by atoms with E-state index in [1.54, 1.807) is 12.4 Å². The van der Waals surface area contributed by atoms with E-state index in [0.29, 0.717) is 18.9 Å². The molecule has 1 saturated carbocycles. The Balaban J connectivity index is 1.48. The number of aryl methyl sites for hydroxylation is 1. The predicted octanol–water partition coefficient (Wildman–Crippen LogP) is 0.513. The fourth-order valence-electron chi connectivity index (χ4n) is 3.61. The van der Waals surface area contributed by atoms with Gasteiger partial charge in [-0.2, -0.15) is 0 Å². The third-order valence-electron chi connectivity index (χ3n) is 4.74. The largest absolute Gasteiger partial charge is 0.392 e. The van der Waals surface area contributed by atoms with Crippen LogP contribution in [0.5, 0.6) is 0 Å². The molecule has 0 spiro atoms. The Morgan fingerprint density at radius 1 is 1.32 bits per heavy atom. The second kappa shape index (κ2) is 7.15. The Morgan fingerprint density at radius 3 is 2.86 bits per heavy atom. The number of nitrogens with zero attached hydrogens (tertiary/aromatic N) is 3. The summed E-state index contributed by atoms with van der Waals surface area (Å²) in [7, 11) is 0. The lowest BCUT2D eigenvalue weighted by Gasteiger charge is -2.29. The zero-order valence-electron chi connectivity index (χ0n) is 12.8. The van der Waals surface area contributed by atoms with Crippen molar-refractivity contribution < 1.29 is 9.90 Å². The summed E-state index contributed by atoms with van der Waals surface area (Å²) in [6, 6.07) is 0.617. The Hall–Kier alpha value is -1.53.